The maximum Gasteiger partial charge on any atom is 0.332 e. The number of anilines is 1. The minimum atomic E-state index is -1.32. The van der Waals surface area contributed by atoms with Crippen LogP contribution in [-0.2, 0) is 10.3 Å². The number of halogens is 3. The first-order valence-electron chi connectivity index (χ1n) is 7.55. The zero-order valence-electron chi connectivity index (χ0n) is 13.3. The molecule has 1 aliphatic heterocycles. The van der Waals surface area contributed by atoms with Gasteiger partial charge in [-0.05, 0) is 36.8 Å². The highest BCUT2D eigenvalue weighted by molar-refractivity contribution is 6.42. The fourth-order valence-corrected chi connectivity index (χ4v) is 3.27. The number of nitrogens with zero attached hydrogens (tertiary/aromatic N) is 2. The smallest absolute Gasteiger partial charge is 0.303 e. The highest BCUT2D eigenvalue weighted by atomic mass is 35.5. The summed E-state index contributed by atoms with van der Waals surface area (Å²) in [6.07, 6.45) is 0. The van der Waals surface area contributed by atoms with E-state index >= 15 is 0 Å². The zero-order valence-corrected chi connectivity index (χ0v) is 14.8. The van der Waals surface area contributed by atoms with Crippen LogP contribution in [-0.4, -0.2) is 30.1 Å². The SMILES string of the molecule is CC1(c2cc[c]cc2)C(=O)N(c2ccc(Cl)c(Cl)c2)C(=O)N1CCF. The third-order valence-electron chi connectivity index (χ3n) is 4.33. The lowest BCUT2D eigenvalue weighted by molar-refractivity contribution is -0.124. The molecule has 1 heterocycles. The number of alkyl halides is 1. The molecule has 129 valence electrons. The molecule has 2 aromatic rings. The summed E-state index contributed by atoms with van der Waals surface area (Å²) in [5.74, 6) is -0.476. The molecule has 25 heavy (non-hydrogen) atoms. The Hall–Kier alpha value is -2.11. The maximum atomic E-state index is 13.2. The predicted octanol–water partition coefficient (Wildman–Crippen LogP) is 4.45. The number of carbonyl (C=O) groups excluding carboxylic acids is 2. The first-order valence-corrected chi connectivity index (χ1v) is 8.30. The number of imide groups is 1. The molecule has 2 aromatic carbocycles. The van der Waals surface area contributed by atoms with Gasteiger partial charge < -0.3 is 4.90 Å². The number of rotatable bonds is 4. The third-order valence-corrected chi connectivity index (χ3v) is 5.07. The molecule has 1 aliphatic rings. The molecule has 0 saturated carbocycles. The summed E-state index contributed by atoms with van der Waals surface area (Å²) >= 11 is 11.9. The molecule has 1 radical (unpaired) electrons. The highest BCUT2D eigenvalue weighted by Gasteiger charge is 2.55. The lowest BCUT2D eigenvalue weighted by Gasteiger charge is -2.31. The van der Waals surface area contributed by atoms with Gasteiger partial charge in [-0.15, -0.1) is 0 Å². The lowest BCUT2D eigenvalue weighted by Crippen LogP contribution is -2.45. The van der Waals surface area contributed by atoms with Crippen LogP contribution in [0.2, 0.25) is 10.0 Å². The van der Waals surface area contributed by atoms with E-state index in [1.165, 1.54) is 23.1 Å². The first-order chi connectivity index (χ1) is 11.9. The van der Waals surface area contributed by atoms with Crippen molar-refractivity contribution in [1.82, 2.24) is 4.90 Å². The van der Waals surface area contributed by atoms with Crippen LogP contribution in [0.1, 0.15) is 12.5 Å². The standard InChI is InChI=1S/C18H14Cl2FN2O2/c1-18(12-5-3-2-4-6-12)16(24)23(17(25)22(18)10-9-21)13-7-8-14(19)15(20)11-13/h3-8,11H,9-10H2,1H3. The number of carbonyl (C=O) groups is 2. The fourth-order valence-electron chi connectivity index (χ4n) is 2.98. The van der Waals surface area contributed by atoms with Crippen LogP contribution >= 0.6 is 23.2 Å². The Morgan fingerprint density at radius 1 is 1.12 bits per heavy atom. The van der Waals surface area contributed by atoms with Crippen molar-refractivity contribution in [3.8, 4) is 0 Å². The van der Waals surface area contributed by atoms with Crippen LogP contribution in [0.5, 0.6) is 0 Å². The molecule has 0 bridgehead atoms. The molecule has 3 rings (SSSR count). The monoisotopic (exact) mass is 379 g/mol. The molecule has 1 fully saturated rings. The number of amides is 3. The van der Waals surface area contributed by atoms with Crippen LogP contribution in [0.15, 0.2) is 42.5 Å². The summed E-state index contributed by atoms with van der Waals surface area (Å²) in [5.41, 5.74) is -0.440. The molecule has 0 N–H and O–H groups in total. The van der Waals surface area contributed by atoms with Gasteiger partial charge in [-0.2, -0.15) is 0 Å². The van der Waals surface area contributed by atoms with E-state index in [1.54, 1.807) is 31.2 Å². The molecular formula is C18H14Cl2FN2O2. The summed E-state index contributed by atoms with van der Waals surface area (Å²) in [6, 6.07) is 13.4. The third kappa shape index (κ3) is 2.77. The Labute approximate surface area is 154 Å². The van der Waals surface area contributed by atoms with Gasteiger partial charge >= 0.3 is 6.03 Å². The second-order valence-electron chi connectivity index (χ2n) is 5.72. The van der Waals surface area contributed by atoms with Crippen LogP contribution < -0.4 is 4.90 Å². The minimum Gasteiger partial charge on any atom is -0.303 e. The Kier molecular flexibility index (Phi) is 4.71. The first kappa shape index (κ1) is 17.7. The van der Waals surface area contributed by atoms with E-state index < -0.39 is 24.2 Å². The predicted molar refractivity (Wildman–Crippen MR) is 94.7 cm³/mol. The second-order valence-corrected chi connectivity index (χ2v) is 6.54. The molecule has 0 spiro atoms. The molecule has 1 atom stereocenters. The number of hydrogen-bond acceptors (Lipinski definition) is 2. The van der Waals surface area contributed by atoms with Crippen molar-refractivity contribution < 1.29 is 14.0 Å². The number of benzene rings is 2. The van der Waals surface area contributed by atoms with Gasteiger partial charge in [0, 0.05) is 0 Å². The Bertz CT molecular complexity index is 831. The normalized spacial score (nSPS) is 20.5. The number of urea groups is 1. The molecule has 7 heteroatoms. The Balaban J connectivity index is 2.12. The molecule has 0 aromatic heterocycles. The molecule has 3 amide bonds. The molecule has 1 unspecified atom stereocenters. The van der Waals surface area contributed by atoms with Gasteiger partial charge in [-0.3, -0.25) is 4.79 Å². The second kappa shape index (κ2) is 6.65. The van der Waals surface area contributed by atoms with E-state index in [9.17, 15) is 14.0 Å². The van der Waals surface area contributed by atoms with Crippen molar-refractivity contribution in [1.29, 1.82) is 0 Å². The minimum absolute atomic E-state index is 0.197. The van der Waals surface area contributed by atoms with Crippen molar-refractivity contribution >= 4 is 40.8 Å². The van der Waals surface area contributed by atoms with Crippen molar-refractivity contribution in [3.05, 3.63) is 64.1 Å². The Morgan fingerprint density at radius 2 is 1.80 bits per heavy atom. The van der Waals surface area contributed by atoms with Crippen LogP contribution in [0, 0.1) is 6.07 Å². The summed E-state index contributed by atoms with van der Waals surface area (Å²) in [4.78, 5) is 28.3. The van der Waals surface area contributed by atoms with Crippen molar-refractivity contribution in [2.75, 3.05) is 18.1 Å². The molecule has 1 saturated heterocycles. The van der Waals surface area contributed by atoms with E-state index in [4.69, 9.17) is 23.2 Å². The Morgan fingerprint density at radius 3 is 2.40 bits per heavy atom. The van der Waals surface area contributed by atoms with Gasteiger partial charge in [0.05, 0.1) is 22.3 Å². The van der Waals surface area contributed by atoms with Gasteiger partial charge in [0.1, 0.15) is 12.2 Å². The zero-order chi connectivity index (χ0) is 18.2. The average molecular weight is 380 g/mol. The van der Waals surface area contributed by atoms with Crippen LogP contribution in [0.4, 0.5) is 14.9 Å². The fraction of sp³-hybridized carbons (Fsp3) is 0.222. The van der Waals surface area contributed by atoms with Crippen LogP contribution in [0.25, 0.3) is 0 Å². The molecular weight excluding hydrogens is 366 g/mol. The van der Waals surface area contributed by atoms with E-state index in [0.29, 0.717) is 16.3 Å². The average Bonchev–Trinajstić information content (AvgIpc) is 2.80. The van der Waals surface area contributed by atoms with Gasteiger partial charge in [-0.25, -0.2) is 14.1 Å². The van der Waals surface area contributed by atoms with E-state index in [2.05, 4.69) is 6.07 Å². The van der Waals surface area contributed by atoms with Gasteiger partial charge in [-0.1, -0.05) is 47.5 Å². The lowest BCUT2D eigenvalue weighted by atomic mass is 9.90. The maximum absolute atomic E-state index is 13.2. The summed E-state index contributed by atoms with van der Waals surface area (Å²) in [7, 11) is 0. The topological polar surface area (TPSA) is 40.6 Å². The summed E-state index contributed by atoms with van der Waals surface area (Å²) < 4.78 is 13.1. The summed E-state index contributed by atoms with van der Waals surface area (Å²) in [6.45, 7) is 0.649. The van der Waals surface area contributed by atoms with E-state index in [-0.39, 0.29) is 11.6 Å². The van der Waals surface area contributed by atoms with Gasteiger partial charge in [0.15, 0.2) is 0 Å². The van der Waals surface area contributed by atoms with Crippen LogP contribution in [0.3, 0.4) is 0 Å². The van der Waals surface area contributed by atoms with Crippen molar-refractivity contribution in [2.45, 2.75) is 12.5 Å². The van der Waals surface area contributed by atoms with E-state index in [0.717, 1.165) is 4.90 Å². The quantitative estimate of drug-likeness (QED) is 0.736. The van der Waals surface area contributed by atoms with Crippen molar-refractivity contribution in [3.63, 3.8) is 0 Å². The van der Waals surface area contributed by atoms with E-state index in [1.807, 2.05) is 0 Å². The van der Waals surface area contributed by atoms with Crippen molar-refractivity contribution in [2.24, 2.45) is 0 Å². The molecule has 0 aliphatic carbocycles. The highest BCUT2D eigenvalue weighted by Crippen LogP contribution is 2.40. The van der Waals surface area contributed by atoms with Gasteiger partial charge in [0.25, 0.3) is 5.91 Å². The molecule has 4 nitrogen and oxygen atoms in total. The summed E-state index contributed by atoms with van der Waals surface area (Å²) in [5, 5.41) is 0.534. The largest absolute Gasteiger partial charge is 0.332 e. The van der Waals surface area contributed by atoms with Gasteiger partial charge in [0.2, 0.25) is 0 Å². The number of hydrogen-bond donors (Lipinski definition) is 0.